The van der Waals surface area contributed by atoms with Crippen LogP contribution in [0.4, 0.5) is 18.9 Å². The van der Waals surface area contributed by atoms with Crippen LogP contribution in [0.5, 0.6) is 11.5 Å². The largest absolute Gasteiger partial charge is 0.457 e. The van der Waals surface area contributed by atoms with Gasteiger partial charge in [-0.2, -0.15) is 13.2 Å². The van der Waals surface area contributed by atoms with E-state index in [9.17, 15) is 18.0 Å². The molecule has 0 radical (unpaired) electrons. The fourth-order valence-electron chi connectivity index (χ4n) is 2.73. The number of pyridine rings is 1. The molecule has 0 aliphatic carbocycles. The molecule has 150 valence electrons. The van der Waals surface area contributed by atoms with Gasteiger partial charge in [-0.25, -0.2) is 0 Å². The molecule has 0 spiro atoms. The number of aryl methyl sites for hydroxylation is 2. The predicted molar refractivity (Wildman–Crippen MR) is 104 cm³/mol. The van der Waals surface area contributed by atoms with Crippen LogP contribution in [0.2, 0.25) is 0 Å². The number of aromatic nitrogens is 1. The normalized spacial score (nSPS) is 11.2. The van der Waals surface area contributed by atoms with Gasteiger partial charge in [-0.1, -0.05) is 13.0 Å². The number of amides is 1. The van der Waals surface area contributed by atoms with E-state index in [1.807, 2.05) is 13.0 Å². The van der Waals surface area contributed by atoms with Crippen molar-refractivity contribution in [3.8, 4) is 11.5 Å². The summed E-state index contributed by atoms with van der Waals surface area (Å²) in [4.78, 5) is 16.9. The highest BCUT2D eigenvalue weighted by Gasteiger charge is 2.30. The molecule has 0 aliphatic heterocycles. The molecular formula is C22H19F3N2O2. The molecule has 2 aromatic carbocycles. The van der Waals surface area contributed by atoms with Gasteiger partial charge >= 0.3 is 6.18 Å². The summed E-state index contributed by atoms with van der Waals surface area (Å²) in [6.07, 6.45) is -3.61. The van der Waals surface area contributed by atoms with Crippen molar-refractivity contribution in [2.24, 2.45) is 0 Å². The minimum absolute atomic E-state index is 0.261. The minimum atomic E-state index is -4.40. The molecule has 4 nitrogen and oxygen atoms in total. The number of anilines is 1. The van der Waals surface area contributed by atoms with Crippen molar-refractivity contribution in [2.75, 3.05) is 5.32 Å². The molecule has 0 unspecified atom stereocenters. The van der Waals surface area contributed by atoms with Crippen LogP contribution < -0.4 is 10.1 Å². The molecule has 0 fully saturated rings. The highest BCUT2D eigenvalue weighted by molar-refractivity contribution is 6.05. The maximum Gasteiger partial charge on any atom is 0.416 e. The second-order valence-corrected chi connectivity index (χ2v) is 6.40. The SMILES string of the molecule is CCc1ccc(C(=O)Nc2cccc(Oc3ccc(C(F)(F)F)cc3)c2)c(C)n1. The van der Waals surface area contributed by atoms with Crippen molar-refractivity contribution < 1.29 is 22.7 Å². The van der Waals surface area contributed by atoms with Crippen molar-refractivity contribution >= 4 is 11.6 Å². The average molecular weight is 400 g/mol. The summed E-state index contributed by atoms with van der Waals surface area (Å²) < 4.78 is 43.5. The lowest BCUT2D eigenvalue weighted by Crippen LogP contribution is -2.14. The van der Waals surface area contributed by atoms with Crippen LogP contribution in [0.3, 0.4) is 0 Å². The Balaban J connectivity index is 1.72. The number of nitrogens with one attached hydrogen (secondary N) is 1. The van der Waals surface area contributed by atoms with E-state index in [0.29, 0.717) is 22.7 Å². The van der Waals surface area contributed by atoms with Gasteiger partial charge < -0.3 is 10.1 Å². The van der Waals surface area contributed by atoms with Crippen molar-refractivity contribution in [3.63, 3.8) is 0 Å². The van der Waals surface area contributed by atoms with Crippen LogP contribution in [0, 0.1) is 6.92 Å². The minimum Gasteiger partial charge on any atom is -0.457 e. The number of carbonyl (C=O) groups excluding carboxylic acids is 1. The molecule has 7 heteroatoms. The van der Waals surface area contributed by atoms with Crippen LogP contribution in [-0.4, -0.2) is 10.9 Å². The number of halogens is 3. The van der Waals surface area contributed by atoms with E-state index < -0.39 is 11.7 Å². The second-order valence-electron chi connectivity index (χ2n) is 6.40. The fourth-order valence-corrected chi connectivity index (χ4v) is 2.73. The number of ether oxygens (including phenoxy) is 1. The molecule has 1 aromatic heterocycles. The maximum absolute atomic E-state index is 12.6. The Bertz CT molecular complexity index is 1020. The first-order valence-electron chi connectivity index (χ1n) is 8.99. The zero-order valence-electron chi connectivity index (χ0n) is 15.9. The summed E-state index contributed by atoms with van der Waals surface area (Å²) in [7, 11) is 0. The van der Waals surface area contributed by atoms with Gasteiger partial charge in [0.05, 0.1) is 16.8 Å². The second kappa shape index (κ2) is 8.34. The Morgan fingerprint density at radius 3 is 2.38 bits per heavy atom. The summed E-state index contributed by atoms with van der Waals surface area (Å²) in [5.41, 5.74) is 1.77. The van der Waals surface area contributed by atoms with Gasteiger partial charge in [-0.3, -0.25) is 9.78 Å². The average Bonchev–Trinajstić information content (AvgIpc) is 2.67. The first-order valence-corrected chi connectivity index (χ1v) is 8.99. The molecule has 3 aromatic rings. The van der Waals surface area contributed by atoms with Gasteiger partial charge in [-0.15, -0.1) is 0 Å². The zero-order valence-corrected chi connectivity index (χ0v) is 15.9. The Kier molecular flexibility index (Phi) is 5.87. The number of hydrogen-bond donors (Lipinski definition) is 1. The molecule has 0 saturated heterocycles. The predicted octanol–water partition coefficient (Wildman–Crippen LogP) is 6.02. The summed E-state index contributed by atoms with van der Waals surface area (Å²) in [6, 6.07) is 14.6. The highest BCUT2D eigenvalue weighted by Crippen LogP contribution is 2.31. The smallest absolute Gasteiger partial charge is 0.416 e. The lowest BCUT2D eigenvalue weighted by Gasteiger charge is -2.11. The van der Waals surface area contributed by atoms with Crippen molar-refractivity contribution in [2.45, 2.75) is 26.4 Å². The van der Waals surface area contributed by atoms with Crippen LogP contribution in [0.15, 0.2) is 60.7 Å². The van der Waals surface area contributed by atoms with Crippen LogP contribution in [0.25, 0.3) is 0 Å². The fraction of sp³-hybridized carbons (Fsp3) is 0.182. The Morgan fingerprint density at radius 2 is 1.76 bits per heavy atom. The van der Waals surface area contributed by atoms with Gasteiger partial charge in [0.25, 0.3) is 5.91 Å². The standard InChI is InChI=1S/C22H19F3N2O2/c1-3-16-9-12-20(14(2)26-16)21(28)27-17-5-4-6-19(13-17)29-18-10-7-15(8-11-18)22(23,24)25/h4-13H,3H2,1-2H3,(H,27,28). The van der Waals surface area contributed by atoms with Gasteiger partial charge in [0, 0.05) is 17.4 Å². The zero-order chi connectivity index (χ0) is 21.0. The van der Waals surface area contributed by atoms with Gasteiger partial charge in [-0.05, 0) is 61.9 Å². The van der Waals surface area contributed by atoms with Crippen LogP contribution in [-0.2, 0) is 12.6 Å². The number of rotatable bonds is 5. The first kappa shape index (κ1) is 20.4. The third kappa shape index (κ3) is 5.13. The first-order chi connectivity index (χ1) is 13.8. The lowest BCUT2D eigenvalue weighted by atomic mass is 10.1. The van der Waals surface area contributed by atoms with E-state index in [1.54, 1.807) is 37.3 Å². The van der Waals surface area contributed by atoms with Crippen LogP contribution >= 0.6 is 0 Å². The summed E-state index contributed by atoms with van der Waals surface area (Å²) >= 11 is 0. The third-order valence-electron chi connectivity index (χ3n) is 4.26. The molecule has 0 saturated carbocycles. The molecule has 29 heavy (non-hydrogen) atoms. The van der Waals surface area contributed by atoms with Crippen molar-refractivity contribution in [1.82, 2.24) is 4.98 Å². The van der Waals surface area contributed by atoms with Gasteiger partial charge in [0.1, 0.15) is 11.5 Å². The van der Waals surface area contributed by atoms with E-state index in [1.165, 1.54) is 12.1 Å². The van der Waals surface area contributed by atoms with Gasteiger partial charge in [0.2, 0.25) is 0 Å². The number of alkyl halides is 3. The number of nitrogens with zero attached hydrogens (tertiary/aromatic N) is 1. The van der Waals surface area contributed by atoms with E-state index in [2.05, 4.69) is 10.3 Å². The molecule has 1 heterocycles. The number of carbonyl (C=O) groups is 1. The molecular weight excluding hydrogens is 381 g/mol. The maximum atomic E-state index is 12.6. The van der Waals surface area contributed by atoms with E-state index >= 15 is 0 Å². The third-order valence-corrected chi connectivity index (χ3v) is 4.26. The summed E-state index contributed by atoms with van der Waals surface area (Å²) in [5.74, 6) is 0.347. The van der Waals surface area contributed by atoms with Gasteiger partial charge in [0.15, 0.2) is 0 Å². The Labute approximate surface area is 166 Å². The number of hydrogen-bond acceptors (Lipinski definition) is 3. The monoisotopic (exact) mass is 400 g/mol. The molecule has 0 bridgehead atoms. The lowest BCUT2D eigenvalue weighted by molar-refractivity contribution is -0.137. The van der Waals surface area contributed by atoms with Crippen molar-refractivity contribution in [3.05, 3.63) is 83.2 Å². The summed E-state index contributed by atoms with van der Waals surface area (Å²) in [5, 5.41) is 2.78. The highest BCUT2D eigenvalue weighted by atomic mass is 19.4. The van der Waals surface area contributed by atoms with E-state index in [0.717, 1.165) is 24.2 Å². The Morgan fingerprint density at radius 1 is 1.03 bits per heavy atom. The molecule has 1 N–H and O–H groups in total. The van der Waals surface area contributed by atoms with E-state index in [-0.39, 0.29) is 11.7 Å². The number of benzene rings is 2. The molecule has 0 aliphatic rings. The quantitative estimate of drug-likeness (QED) is 0.570. The molecule has 3 rings (SSSR count). The molecule has 1 amide bonds. The van der Waals surface area contributed by atoms with Crippen molar-refractivity contribution in [1.29, 1.82) is 0 Å². The van der Waals surface area contributed by atoms with Crippen LogP contribution in [0.1, 0.15) is 34.2 Å². The molecule has 0 atom stereocenters. The summed E-state index contributed by atoms with van der Waals surface area (Å²) in [6.45, 7) is 3.77. The van der Waals surface area contributed by atoms with E-state index in [4.69, 9.17) is 4.74 Å². The Hall–Kier alpha value is -3.35. The topological polar surface area (TPSA) is 51.2 Å².